The normalized spacial score (nSPS) is 15.2. The van der Waals surface area contributed by atoms with Crippen LogP contribution in [-0.2, 0) is 28.8 Å². The minimum atomic E-state index is -0.218. The first-order valence-corrected chi connectivity index (χ1v) is 8.82. The van der Waals surface area contributed by atoms with E-state index in [0.717, 1.165) is 48.3 Å². The van der Waals surface area contributed by atoms with Crippen LogP contribution in [0.15, 0.2) is 41.0 Å². The number of nitrogens with zero attached hydrogens (tertiary/aromatic N) is 1. The molecule has 1 aromatic carbocycles. The fourth-order valence-corrected chi connectivity index (χ4v) is 3.27. The maximum atomic E-state index is 11.3. The summed E-state index contributed by atoms with van der Waals surface area (Å²) >= 11 is 0. The first-order valence-electron chi connectivity index (χ1n) is 8.82. The van der Waals surface area contributed by atoms with E-state index in [1.54, 1.807) is 0 Å². The minimum Gasteiger partial charge on any atom is -0.469 e. The molecule has 2 aliphatic rings. The third-order valence-corrected chi connectivity index (χ3v) is 4.81. The second kappa shape index (κ2) is 6.71. The van der Waals surface area contributed by atoms with Gasteiger partial charge in [0, 0.05) is 11.8 Å². The summed E-state index contributed by atoms with van der Waals surface area (Å²) < 4.78 is 4.70. The summed E-state index contributed by atoms with van der Waals surface area (Å²) in [5, 5.41) is 3.23. The van der Waals surface area contributed by atoms with Gasteiger partial charge >= 0.3 is 5.97 Å². The molecule has 2 aromatic rings. The predicted octanol–water partition coefficient (Wildman–Crippen LogP) is 2.57. The quantitative estimate of drug-likeness (QED) is 0.723. The summed E-state index contributed by atoms with van der Waals surface area (Å²) in [6.45, 7) is 0. The van der Waals surface area contributed by atoms with Crippen molar-refractivity contribution in [2.24, 2.45) is 10.7 Å². The highest BCUT2D eigenvalue weighted by atomic mass is 16.5. The van der Waals surface area contributed by atoms with E-state index in [1.807, 2.05) is 18.3 Å². The Hall–Kier alpha value is -3.02. The molecule has 0 radical (unpaired) electrons. The summed E-state index contributed by atoms with van der Waals surface area (Å²) in [6.07, 6.45) is 6.43. The number of rotatable bonds is 5. The fourth-order valence-electron chi connectivity index (χ4n) is 3.27. The van der Waals surface area contributed by atoms with Gasteiger partial charge < -0.3 is 20.8 Å². The van der Waals surface area contributed by atoms with Crippen LogP contribution >= 0.6 is 0 Å². The number of hydrogen-bond donors (Lipinski definition) is 3. The highest BCUT2D eigenvalue weighted by Crippen LogP contribution is 2.41. The Morgan fingerprint density at radius 2 is 1.92 bits per heavy atom. The zero-order chi connectivity index (χ0) is 18.1. The van der Waals surface area contributed by atoms with Gasteiger partial charge in [-0.05, 0) is 47.9 Å². The van der Waals surface area contributed by atoms with Crippen molar-refractivity contribution in [3.63, 3.8) is 0 Å². The summed E-state index contributed by atoms with van der Waals surface area (Å²) in [5.41, 5.74) is 13.1. The van der Waals surface area contributed by atoms with Crippen LogP contribution in [0.3, 0.4) is 0 Å². The van der Waals surface area contributed by atoms with Gasteiger partial charge in [-0.15, -0.1) is 0 Å². The number of fused-ring (bicyclic) bond motifs is 1. The number of hydrogen-bond acceptors (Lipinski definition) is 5. The number of carbonyl (C=O) groups is 1. The molecule has 6 heteroatoms. The number of H-pyrrole nitrogens is 1. The number of aryl methyl sites for hydroxylation is 2. The lowest BCUT2D eigenvalue weighted by atomic mass is 9.99. The molecule has 0 spiro atoms. The van der Waals surface area contributed by atoms with Crippen molar-refractivity contribution in [1.82, 2.24) is 10.3 Å². The molecule has 1 saturated carbocycles. The number of aromatic nitrogens is 1. The average molecular weight is 350 g/mol. The molecule has 0 bridgehead atoms. The van der Waals surface area contributed by atoms with Crippen molar-refractivity contribution in [1.29, 1.82) is 0 Å². The summed E-state index contributed by atoms with van der Waals surface area (Å²) in [5.74, 6) is 1.07. The monoisotopic (exact) mass is 350 g/mol. The minimum absolute atomic E-state index is 0.218. The van der Waals surface area contributed by atoms with Gasteiger partial charge in [-0.3, -0.25) is 4.79 Å². The summed E-state index contributed by atoms with van der Waals surface area (Å²) in [7, 11) is 1.41. The van der Waals surface area contributed by atoms with Gasteiger partial charge in [0.1, 0.15) is 5.82 Å². The van der Waals surface area contributed by atoms with Gasteiger partial charge in [-0.2, -0.15) is 4.99 Å². The largest absolute Gasteiger partial charge is 0.469 e. The Kier molecular flexibility index (Phi) is 4.24. The van der Waals surface area contributed by atoms with Crippen molar-refractivity contribution < 1.29 is 9.53 Å². The number of methoxy groups -OCH3 is 1. The summed E-state index contributed by atoms with van der Waals surface area (Å²) in [6, 6.07) is 8.13. The topological polar surface area (TPSA) is 92.5 Å². The molecule has 0 saturated heterocycles. The first kappa shape index (κ1) is 16.4. The average Bonchev–Trinajstić information content (AvgIpc) is 3.41. The Balaban J connectivity index is 1.48. The van der Waals surface area contributed by atoms with Gasteiger partial charge in [0.05, 0.1) is 19.2 Å². The van der Waals surface area contributed by atoms with E-state index in [4.69, 9.17) is 10.5 Å². The number of nitrogens with one attached hydrogen (secondary N) is 2. The standard InChI is InChI=1S/C20H22N4O2/c1-26-16(25)10-13-4-2-12(3-5-13)6-7-15-11-22-19-17(15)18(14-8-9-14)23-20(21)24-19/h2-5,11,22H,6-10H2,1H3,(H3,21,23,24). The number of nitrogens with two attached hydrogens (primary N) is 1. The molecule has 0 atom stereocenters. The zero-order valence-electron chi connectivity index (χ0n) is 14.8. The van der Waals surface area contributed by atoms with Crippen molar-refractivity contribution in [2.75, 3.05) is 7.11 Å². The van der Waals surface area contributed by atoms with Crippen LogP contribution in [0, 0.1) is 0 Å². The Bertz CT molecular complexity index is 900. The molecule has 1 fully saturated rings. The van der Waals surface area contributed by atoms with Crippen molar-refractivity contribution >= 4 is 23.4 Å². The van der Waals surface area contributed by atoms with Crippen LogP contribution in [0.4, 0.5) is 5.82 Å². The maximum absolute atomic E-state index is 11.3. The van der Waals surface area contributed by atoms with Gasteiger partial charge in [0.15, 0.2) is 5.96 Å². The number of benzene rings is 1. The Morgan fingerprint density at radius 1 is 1.19 bits per heavy atom. The van der Waals surface area contributed by atoms with Gasteiger partial charge in [-0.25, -0.2) is 0 Å². The number of allylic oxidation sites excluding steroid dienone is 1. The van der Waals surface area contributed by atoms with Crippen molar-refractivity contribution in [3.05, 3.63) is 58.3 Å². The zero-order valence-corrected chi connectivity index (χ0v) is 14.8. The third-order valence-electron chi connectivity index (χ3n) is 4.81. The lowest BCUT2D eigenvalue weighted by Gasteiger charge is -2.17. The fraction of sp³-hybridized carbons (Fsp3) is 0.300. The lowest BCUT2D eigenvalue weighted by molar-refractivity contribution is -0.139. The Labute approximate surface area is 152 Å². The highest BCUT2D eigenvalue weighted by Gasteiger charge is 2.27. The number of ether oxygens (including phenoxy) is 1. The van der Waals surface area contributed by atoms with E-state index in [2.05, 4.69) is 27.4 Å². The van der Waals surface area contributed by atoms with E-state index in [0.29, 0.717) is 12.4 Å². The van der Waals surface area contributed by atoms with E-state index in [1.165, 1.54) is 23.8 Å². The molecular formula is C20H22N4O2. The number of carbonyl (C=O) groups excluding carboxylic acids is 1. The van der Waals surface area contributed by atoms with Crippen LogP contribution < -0.4 is 11.1 Å². The van der Waals surface area contributed by atoms with Gasteiger partial charge in [-0.1, -0.05) is 24.3 Å². The van der Waals surface area contributed by atoms with Gasteiger partial charge in [0.2, 0.25) is 0 Å². The second-order valence-electron chi connectivity index (χ2n) is 6.71. The highest BCUT2D eigenvalue weighted by molar-refractivity contribution is 5.97. The molecule has 0 amide bonds. The van der Waals surface area contributed by atoms with Gasteiger partial charge in [0.25, 0.3) is 0 Å². The molecule has 4 rings (SSSR count). The van der Waals surface area contributed by atoms with E-state index >= 15 is 0 Å². The SMILES string of the molecule is COC(=O)Cc1ccc(CCc2c[nH]c3c2C(=C2CC2)NC(N)=N3)cc1. The molecule has 2 heterocycles. The van der Waals surface area contributed by atoms with E-state index in [9.17, 15) is 4.79 Å². The first-order chi connectivity index (χ1) is 12.6. The predicted molar refractivity (Wildman–Crippen MR) is 101 cm³/mol. The lowest BCUT2D eigenvalue weighted by Crippen LogP contribution is -2.32. The van der Waals surface area contributed by atoms with Crippen LogP contribution in [0.25, 0.3) is 5.70 Å². The number of aromatic amines is 1. The smallest absolute Gasteiger partial charge is 0.309 e. The van der Waals surface area contributed by atoms with E-state index in [-0.39, 0.29) is 5.97 Å². The molecule has 1 aliphatic carbocycles. The summed E-state index contributed by atoms with van der Waals surface area (Å²) in [4.78, 5) is 19.0. The third kappa shape index (κ3) is 3.35. The molecule has 6 nitrogen and oxygen atoms in total. The Morgan fingerprint density at radius 3 is 2.62 bits per heavy atom. The number of aliphatic imine (C=N–C) groups is 1. The molecule has 1 aromatic heterocycles. The van der Waals surface area contributed by atoms with Crippen LogP contribution in [0.2, 0.25) is 0 Å². The van der Waals surface area contributed by atoms with Crippen LogP contribution in [0.5, 0.6) is 0 Å². The molecule has 26 heavy (non-hydrogen) atoms. The molecule has 134 valence electrons. The van der Waals surface area contributed by atoms with Crippen LogP contribution in [0.1, 0.15) is 35.1 Å². The van der Waals surface area contributed by atoms with Crippen molar-refractivity contribution in [2.45, 2.75) is 32.1 Å². The molecular weight excluding hydrogens is 328 g/mol. The van der Waals surface area contributed by atoms with Crippen LogP contribution in [-0.4, -0.2) is 24.0 Å². The number of guanidine groups is 1. The van der Waals surface area contributed by atoms with Crippen molar-refractivity contribution in [3.8, 4) is 0 Å². The van der Waals surface area contributed by atoms with E-state index < -0.39 is 0 Å². The maximum Gasteiger partial charge on any atom is 0.309 e. The molecule has 0 unspecified atom stereocenters. The number of esters is 1. The second-order valence-corrected chi connectivity index (χ2v) is 6.71. The molecule has 4 N–H and O–H groups in total. The molecule has 1 aliphatic heterocycles.